The molecule has 5 rings (SSSR count). The largest absolute Gasteiger partial charge is 0.393 e. The zero-order valence-electron chi connectivity index (χ0n) is 22.0. The average Bonchev–Trinajstić information content (AvgIpc) is 3.27. The minimum absolute atomic E-state index is 0.0897. The predicted molar refractivity (Wildman–Crippen MR) is 132 cm³/mol. The number of aliphatic hydroxyl groups excluding tert-OH is 1. The van der Waals surface area contributed by atoms with E-state index in [9.17, 15) is 10.2 Å². The van der Waals surface area contributed by atoms with Crippen LogP contribution in [0.15, 0.2) is 12.2 Å². The Morgan fingerprint density at radius 2 is 1.53 bits per heavy atom. The monoisotopic (exact) mass is 442 g/mol. The zero-order valence-corrected chi connectivity index (χ0v) is 22.0. The van der Waals surface area contributed by atoms with Crippen LogP contribution in [-0.4, -0.2) is 21.9 Å². The molecule has 32 heavy (non-hydrogen) atoms. The Labute approximate surface area is 197 Å². The van der Waals surface area contributed by atoms with E-state index in [-0.39, 0.29) is 11.5 Å². The van der Waals surface area contributed by atoms with Crippen molar-refractivity contribution in [3.8, 4) is 0 Å². The number of rotatable bonds is 4. The van der Waals surface area contributed by atoms with E-state index in [4.69, 9.17) is 0 Å². The first kappa shape index (κ1) is 23.4. The summed E-state index contributed by atoms with van der Waals surface area (Å²) in [6.45, 7) is 16.4. The second kappa shape index (κ2) is 6.87. The molecule has 5 aliphatic carbocycles. The molecule has 0 unspecified atom stereocenters. The molecule has 0 amide bonds. The van der Waals surface area contributed by atoms with Crippen molar-refractivity contribution in [1.29, 1.82) is 0 Å². The molecule has 5 fully saturated rings. The van der Waals surface area contributed by atoms with Crippen molar-refractivity contribution in [2.75, 3.05) is 0 Å². The van der Waals surface area contributed by atoms with Crippen LogP contribution in [0.4, 0.5) is 0 Å². The van der Waals surface area contributed by atoms with Crippen molar-refractivity contribution in [3.63, 3.8) is 0 Å². The Morgan fingerprint density at radius 3 is 2.22 bits per heavy atom. The molecule has 0 saturated heterocycles. The SMILES string of the molecule is C[C@H](/C=C/CC(C)(C)O)[C@H]1CC[C@@]2(C)[C@@H]3CC[C@H]4C(C)(C)[C@@H](O)CC[C@@]45C[C@@]35CC[C@]12C. The quantitative estimate of drug-likeness (QED) is 0.454. The predicted octanol–water partition coefficient (Wildman–Crippen LogP) is 7.14. The molecule has 5 saturated carbocycles. The minimum atomic E-state index is -0.609. The van der Waals surface area contributed by atoms with E-state index in [1.54, 1.807) is 0 Å². The fourth-order valence-corrected chi connectivity index (χ4v) is 10.9. The van der Waals surface area contributed by atoms with Gasteiger partial charge in [0.1, 0.15) is 0 Å². The van der Waals surface area contributed by atoms with E-state index >= 15 is 0 Å². The molecule has 0 bridgehead atoms. The van der Waals surface area contributed by atoms with E-state index in [1.807, 2.05) is 13.8 Å². The summed E-state index contributed by atoms with van der Waals surface area (Å²) in [7, 11) is 0. The highest BCUT2D eigenvalue weighted by Crippen LogP contribution is 2.89. The molecule has 5 aliphatic rings. The molecule has 2 heteroatoms. The van der Waals surface area contributed by atoms with Gasteiger partial charge in [-0.3, -0.25) is 0 Å². The normalized spacial score (nSPS) is 52.7. The molecule has 0 heterocycles. The van der Waals surface area contributed by atoms with Crippen LogP contribution in [0.2, 0.25) is 0 Å². The van der Waals surface area contributed by atoms with Crippen LogP contribution in [0.1, 0.15) is 113 Å². The number of hydrogen-bond donors (Lipinski definition) is 2. The summed E-state index contributed by atoms with van der Waals surface area (Å²) in [5.74, 6) is 2.96. The van der Waals surface area contributed by atoms with Crippen LogP contribution < -0.4 is 0 Å². The van der Waals surface area contributed by atoms with Gasteiger partial charge in [-0.05, 0) is 129 Å². The molecular weight excluding hydrogens is 392 g/mol. The first-order valence-electron chi connectivity index (χ1n) is 13.8. The third kappa shape index (κ3) is 2.84. The van der Waals surface area contributed by atoms with Gasteiger partial charge in [0.25, 0.3) is 0 Å². The summed E-state index contributed by atoms with van der Waals surface area (Å²) in [5, 5.41) is 21.0. The lowest BCUT2D eigenvalue weighted by Gasteiger charge is -2.63. The molecule has 2 spiro atoms. The summed E-state index contributed by atoms with van der Waals surface area (Å²) in [6.07, 6.45) is 17.4. The van der Waals surface area contributed by atoms with E-state index in [0.29, 0.717) is 27.6 Å². The maximum Gasteiger partial charge on any atom is 0.0626 e. The molecule has 9 atom stereocenters. The molecule has 182 valence electrons. The number of hydrogen-bond acceptors (Lipinski definition) is 2. The van der Waals surface area contributed by atoms with Gasteiger partial charge in [-0.2, -0.15) is 0 Å². The number of fused-ring (bicyclic) bond motifs is 2. The van der Waals surface area contributed by atoms with E-state index in [1.165, 1.54) is 51.4 Å². The smallest absolute Gasteiger partial charge is 0.0626 e. The Hall–Kier alpha value is -0.340. The first-order chi connectivity index (χ1) is 14.7. The van der Waals surface area contributed by atoms with Crippen LogP contribution in [0.5, 0.6) is 0 Å². The van der Waals surface area contributed by atoms with Crippen LogP contribution in [-0.2, 0) is 0 Å². The summed E-state index contributed by atoms with van der Waals surface area (Å²) in [6, 6.07) is 0. The summed E-state index contributed by atoms with van der Waals surface area (Å²) >= 11 is 0. The van der Waals surface area contributed by atoms with Gasteiger partial charge >= 0.3 is 0 Å². The molecule has 2 N–H and O–H groups in total. The maximum atomic E-state index is 10.8. The van der Waals surface area contributed by atoms with Crippen LogP contribution >= 0.6 is 0 Å². The lowest BCUT2D eigenvalue weighted by Crippen LogP contribution is -2.57. The fourth-order valence-electron chi connectivity index (χ4n) is 10.9. The molecular formula is C30H50O2. The molecule has 0 aromatic carbocycles. The molecule has 0 aromatic rings. The highest BCUT2D eigenvalue weighted by atomic mass is 16.3. The summed E-state index contributed by atoms with van der Waals surface area (Å²) in [4.78, 5) is 0. The van der Waals surface area contributed by atoms with Gasteiger partial charge in [0.2, 0.25) is 0 Å². The third-order valence-corrected chi connectivity index (χ3v) is 12.8. The van der Waals surface area contributed by atoms with Crippen LogP contribution in [0.25, 0.3) is 0 Å². The van der Waals surface area contributed by atoms with Crippen molar-refractivity contribution in [2.24, 2.45) is 50.7 Å². The Kier molecular flexibility index (Phi) is 5.02. The fraction of sp³-hybridized carbons (Fsp3) is 0.933. The van der Waals surface area contributed by atoms with Gasteiger partial charge < -0.3 is 10.2 Å². The summed E-state index contributed by atoms with van der Waals surface area (Å²) in [5.41, 5.74) is 1.49. The Morgan fingerprint density at radius 1 is 0.875 bits per heavy atom. The average molecular weight is 443 g/mol. The van der Waals surface area contributed by atoms with E-state index in [2.05, 4.69) is 46.8 Å². The van der Waals surface area contributed by atoms with Crippen molar-refractivity contribution < 1.29 is 10.2 Å². The zero-order chi connectivity index (χ0) is 23.4. The van der Waals surface area contributed by atoms with E-state index < -0.39 is 5.60 Å². The first-order valence-corrected chi connectivity index (χ1v) is 13.8. The van der Waals surface area contributed by atoms with Crippen LogP contribution in [0, 0.1) is 50.7 Å². The lowest BCUT2D eigenvalue weighted by molar-refractivity contribution is -0.160. The molecule has 0 aromatic heterocycles. The maximum absolute atomic E-state index is 10.8. The van der Waals surface area contributed by atoms with Gasteiger partial charge in [-0.15, -0.1) is 0 Å². The Bertz CT molecular complexity index is 791. The van der Waals surface area contributed by atoms with Crippen molar-refractivity contribution >= 4 is 0 Å². The lowest BCUT2D eigenvalue weighted by atomic mass is 9.42. The van der Waals surface area contributed by atoms with Gasteiger partial charge in [-0.1, -0.05) is 46.8 Å². The summed E-state index contributed by atoms with van der Waals surface area (Å²) < 4.78 is 0. The second-order valence-corrected chi connectivity index (χ2v) is 14.8. The second-order valence-electron chi connectivity index (χ2n) is 14.8. The van der Waals surface area contributed by atoms with Gasteiger partial charge in [-0.25, -0.2) is 0 Å². The topological polar surface area (TPSA) is 40.5 Å². The molecule has 0 radical (unpaired) electrons. The number of allylic oxidation sites excluding steroid dienone is 1. The van der Waals surface area contributed by atoms with Crippen molar-refractivity contribution in [1.82, 2.24) is 0 Å². The van der Waals surface area contributed by atoms with Crippen molar-refractivity contribution in [2.45, 2.75) is 124 Å². The standard InChI is InChI=1S/C30H50O2/c1-20(9-8-14-25(2,3)32)21-12-15-28(7)23-11-10-22-26(4,5)24(31)13-16-29(22)19-30(23,29)18-17-27(21,28)6/h8-9,20-24,31-32H,10-19H2,1-7H3/b9-8+/t20-,21-,22+,23+,24+,27-,28+,29-,30+/m1/s1. The van der Waals surface area contributed by atoms with Crippen molar-refractivity contribution in [3.05, 3.63) is 12.2 Å². The van der Waals surface area contributed by atoms with E-state index in [0.717, 1.165) is 30.6 Å². The number of aliphatic hydroxyl groups is 2. The molecule has 2 nitrogen and oxygen atoms in total. The molecule has 0 aliphatic heterocycles. The highest BCUT2D eigenvalue weighted by Gasteiger charge is 2.82. The third-order valence-electron chi connectivity index (χ3n) is 12.8. The van der Waals surface area contributed by atoms with Gasteiger partial charge in [0.15, 0.2) is 0 Å². The van der Waals surface area contributed by atoms with Crippen LogP contribution in [0.3, 0.4) is 0 Å². The van der Waals surface area contributed by atoms with Gasteiger partial charge in [0.05, 0.1) is 11.7 Å². The van der Waals surface area contributed by atoms with Gasteiger partial charge in [0, 0.05) is 0 Å². The minimum Gasteiger partial charge on any atom is -0.393 e. The Balaban J connectivity index is 1.40. The highest BCUT2D eigenvalue weighted by molar-refractivity contribution is 5.30.